The maximum atomic E-state index is 5.97. The molecule has 0 radical (unpaired) electrons. The minimum atomic E-state index is 0. The Morgan fingerprint density at radius 3 is 0.517 bits per heavy atom. The predicted octanol–water partition coefficient (Wildman–Crippen LogP) is 20.9. The van der Waals surface area contributed by atoms with Crippen LogP contribution in [-0.4, -0.2) is 0 Å². The molecule has 0 aliphatic heterocycles. The summed E-state index contributed by atoms with van der Waals surface area (Å²) < 4.78 is 0. The largest absolute Gasteiger partial charge is 0.399 e. The molecular formula is C74H77Ar8N5. The standard InChI is InChI=1S/C36H29N3.C30H24N2.4C2H6.8Ar/c37-34-15-9-26(10-16-34)24-1-5-28(6-2-24)31-21-32(23-33(22-31)30-13-19-36(39)20-14-30)29-7-3-25(4-8-29)27-11-17-35(38)18-12-27;31-27-15-21-30(22-16-27)32(28-17-11-25(12-18-28)23-7-3-1-4-8-23)29-19-13-26(14-20-29)24-9-5-2-6-10-24;4*1-2;;;;;;;;/h1-23H,37-39H2;1-22H,31H2;4*1-2H3;;;;;;;;. The van der Waals surface area contributed by atoms with Gasteiger partial charge in [0.05, 0.1) is 0 Å². The van der Waals surface area contributed by atoms with Crippen LogP contribution >= 0.6 is 0 Å². The van der Waals surface area contributed by atoms with Gasteiger partial charge in [0.2, 0.25) is 0 Å². The van der Waals surface area contributed by atoms with E-state index in [4.69, 9.17) is 22.9 Å². The fraction of sp³-hybridized carbons (Fsp3) is 0.108. The number of anilines is 7. The van der Waals surface area contributed by atoms with E-state index in [-0.39, 0.29) is 302 Å². The van der Waals surface area contributed by atoms with Crippen LogP contribution in [0.1, 0.15) is 55.4 Å². The molecule has 0 amide bonds. The molecule has 0 fully saturated rings. The van der Waals surface area contributed by atoms with E-state index in [1.807, 2.05) is 116 Å². The van der Waals surface area contributed by atoms with Gasteiger partial charge in [0.1, 0.15) is 0 Å². The van der Waals surface area contributed by atoms with Gasteiger partial charge >= 0.3 is 0 Å². The summed E-state index contributed by atoms with van der Waals surface area (Å²) in [4.78, 5) is 2.25. The SMILES string of the molecule is CC.CC.CC.CC.Nc1ccc(-c2ccc(-c3cc(-c4ccc(N)cc4)cc(-c4ccc(-c5ccc(N)cc5)cc4)c3)cc2)cc1.Nc1ccc(N(c2ccc(-c3ccccc3)cc2)c2ccc(-c3ccccc3)cc2)cc1.[Ar].[Ar].[Ar].[Ar].[Ar].[Ar].[Ar].[Ar]. The summed E-state index contributed by atoms with van der Waals surface area (Å²) in [6.07, 6.45) is 0. The summed E-state index contributed by atoms with van der Waals surface area (Å²) in [5.41, 5.74) is 46.3. The van der Waals surface area contributed by atoms with Crippen LogP contribution in [0.3, 0.4) is 0 Å². The average Bonchev–Trinajstić information content (AvgIpc) is 3.64. The summed E-state index contributed by atoms with van der Waals surface area (Å²) >= 11 is 0. The van der Waals surface area contributed by atoms with Crippen molar-refractivity contribution in [3.8, 4) is 77.9 Å². The Morgan fingerprint density at radius 2 is 0.310 bits per heavy atom. The number of hydrogen-bond acceptors (Lipinski definition) is 5. The first kappa shape index (κ1) is 91.7. The van der Waals surface area contributed by atoms with Gasteiger partial charge in [0.15, 0.2) is 0 Å². The molecule has 0 aromatic heterocycles. The van der Waals surface area contributed by atoms with Crippen LogP contribution in [0.5, 0.6) is 0 Å². The quantitative estimate of drug-likeness (QED) is 0.102. The van der Waals surface area contributed by atoms with Gasteiger partial charge in [-0.2, -0.15) is 0 Å². The molecule has 13 heteroatoms. The fourth-order valence-electron chi connectivity index (χ4n) is 8.80. The van der Waals surface area contributed by atoms with Crippen molar-refractivity contribution in [1.82, 2.24) is 0 Å². The second kappa shape index (κ2) is 50.9. The Hall–Kier alpha value is 0.498. The number of nitrogens with zero attached hydrogens (tertiary/aromatic N) is 1. The van der Waals surface area contributed by atoms with E-state index in [9.17, 15) is 0 Å². The van der Waals surface area contributed by atoms with Crippen LogP contribution in [0.15, 0.2) is 273 Å². The van der Waals surface area contributed by atoms with Crippen LogP contribution in [-0.2, 0) is 0 Å². The third-order valence-electron chi connectivity index (χ3n) is 12.7. The van der Waals surface area contributed by atoms with Crippen molar-refractivity contribution in [3.63, 3.8) is 0 Å². The van der Waals surface area contributed by atoms with Crippen LogP contribution in [0.25, 0.3) is 77.9 Å². The van der Waals surface area contributed by atoms with Crippen molar-refractivity contribution >= 4 is 39.8 Å². The summed E-state index contributed by atoms with van der Waals surface area (Å²) in [5, 5.41) is 0. The summed E-state index contributed by atoms with van der Waals surface area (Å²) in [6, 6.07) is 94.4. The zero-order chi connectivity index (χ0) is 56.5. The molecule has 87 heavy (non-hydrogen) atoms. The molecule has 8 N–H and O–H groups in total. The molecule has 0 bridgehead atoms. The molecule has 5 nitrogen and oxygen atoms in total. The Morgan fingerprint density at radius 1 is 0.172 bits per heavy atom. The van der Waals surface area contributed by atoms with Crippen molar-refractivity contribution < 1.29 is 302 Å². The van der Waals surface area contributed by atoms with Gasteiger partial charge in [-0.1, -0.05) is 225 Å². The minimum Gasteiger partial charge on any atom is -0.399 e. The van der Waals surface area contributed by atoms with E-state index < -0.39 is 0 Å². The molecule has 0 aliphatic rings. The minimum absolute atomic E-state index is 0. The van der Waals surface area contributed by atoms with E-state index in [2.05, 4.69) is 217 Å². The molecule has 0 saturated heterocycles. The molecule has 0 aliphatic carbocycles. The van der Waals surface area contributed by atoms with Crippen molar-refractivity contribution in [2.75, 3.05) is 27.8 Å². The average molecular weight is 1360 g/mol. The van der Waals surface area contributed by atoms with Crippen LogP contribution in [0.2, 0.25) is 0 Å². The van der Waals surface area contributed by atoms with Gasteiger partial charge in [0, 0.05) is 342 Å². The topological polar surface area (TPSA) is 107 Å². The third-order valence-corrected chi connectivity index (χ3v) is 12.7. The normalized spacial score (nSPS) is 9.06. The van der Waals surface area contributed by atoms with Crippen LogP contribution in [0, 0.1) is 302 Å². The summed E-state index contributed by atoms with van der Waals surface area (Å²) in [5.74, 6) is 0. The number of hydrogen-bond donors (Lipinski definition) is 4. The van der Waals surface area contributed by atoms with Gasteiger partial charge < -0.3 is 27.8 Å². The monoisotopic (exact) mass is 1360 g/mol. The zero-order valence-corrected chi connectivity index (χ0v) is 55.7. The first-order valence-electron chi connectivity index (χ1n) is 27.7. The molecule has 0 unspecified atom stereocenters. The van der Waals surface area contributed by atoms with Crippen LogP contribution < -0.4 is 27.8 Å². The van der Waals surface area contributed by atoms with Gasteiger partial charge in [-0.05, 0) is 181 Å². The first-order chi connectivity index (χ1) is 38.8. The van der Waals surface area contributed by atoms with E-state index in [0.29, 0.717) is 0 Å². The number of nitrogens with two attached hydrogens (primary N) is 4. The van der Waals surface area contributed by atoms with Crippen molar-refractivity contribution in [1.29, 1.82) is 0 Å². The predicted molar refractivity (Wildman–Crippen MR) is 349 cm³/mol. The van der Waals surface area contributed by atoms with Gasteiger partial charge in [-0.15, -0.1) is 0 Å². The molecule has 462 valence electrons. The van der Waals surface area contributed by atoms with Gasteiger partial charge in [-0.3, -0.25) is 0 Å². The molecular weight excluding hydrogens is 1280 g/mol. The molecule has 0 heterocycles. The van der Waals surface area contributed by atoms with Gasteiger partial charge in [-0.25, -0.2) is 0 Å². The van der Waals surface area contributed by atoms with Crippen molar-refractivity contribution in [2.45, 2.75) is 55.4 Å². The maximum Gasteiger partial charge on any atom is 0.0463 e. The zero-order valence-electron chi connectivity index (χ0n) is 50.1. The maximum absolute atomic E-state index is 5.97. The van der Waals surface area contributed by atoms with Crippen LogP contribution in [0.4, 0.5) is 39.8 Å². The van der Waals surface area contributed by atoms with Crippen molar-refractivity contribution in [3.05, 3.63) is 273 Å². The Balaban J connectivity index is -0.00000136. The Kier molecular flexibility index (Phi) is 53.6. The molecule has 11 aromatic rings. The molecule has 0 atom stereocenters. The molecule has 0 saturated carbocycles. The van der Waals surface area contributed by atoms with E-state index in [1.165, 1.54) is 22.3 Å². The van der Waals surface area contributed by atoms with E-state index >= 15 is 0 Å². The molecule has 11 rings (SSSR count). The molecule has 0 spiro atoms. The first-order valence-corrected chi connectivity index (χ1v) is 27.7. The number of benzene rings is 11. The van der Waals surface area contributed by atoms with E-state index in [1.54, 1.807) is 0 Å². The second-order valence-corrected chi connectivity index (χ2v) is 17.6. The number of rotatable bonds is 10. The second-order valence-electron chi connectivity index (χ2n) is 17.6. The van der Waals surface area contributed by atoms with Crippen molar-refractivity contribution in [2.24, 2.45) is 0 Å². The molecule has 11 aromatic carbocycles. The smallest absolute Gasteiger partial charge is 0.0463 e. The Bertz CT molecular complexity index is 3310. The fourth-order valence-corrected chi connectivity index (χ4v) is 8.80. The summed E-state index contributed by atoms with van der Waals surface area (Å²) in [6.45, 7) is 16.0. The van der Waals surface area contributed by atoms with Gasteiger partial charge in [0.25, 0.3) is 0 Å². The summed E-state index contributed by atoms with van der Waals surface area (Å²) in [7, 11) is 0. The number of nitrogen functional groups attached to an aromatic ring is 4. The van der Waals surface area contributed by atoms with E-state index in [0.717, 1.165) is 95.4 Å². The Labute approximate surface area is 760 Å². The third kappa shape index (κ3) is 28.0.